The number of methoxy groups -OCH3 is 1. The summed E-state index contributed by atoms with van der Waals surface area (Å²) in [5.41, 5.74) is 0.960. The first-order valence-electron chi connectivity index (χ1n) is 8.56. The van der Waals surface area contributed by atoms with Gasteiger partial charge in [-0.15, -0.1) is 0 Å². The van der Waals surface area contributed by atoms with Crippen LogP contribution in [-0.4, -0.2) is 67.3 Å². The number of benzene rings is 1. The molecule has 24 heavy (non-hydrogen) atoms. The highest BCUT2D eigenvalue weighted by atomic mass is 16.5. The number of hydrogen-bond donors (Lipinski definition) is 1. The normalized spacial score (nSPS) is 16.1. The number of aliphatic hydroxyl groups is 1. The molecule has 1 aliphatic rings. The molecule has 1 heterocycles. The Morgan fingerprint density at radius 1 is 1.42 bits per heavy atom. The highest BCUT2D eigenvalue weighted by molar-refractivity contribution is 5.91. The second kappa shape index (κ2) is 9.45. The topological polar surface area (TPSA) is 53.0 Å². The lowest BCUT2D eigenvalue weighted by Gasteiger charge is -2.36. The molecule has 1 aromatic rings. The van der Waals surface area contributed by atoms with Crippen molar-refractivity contribution in [2.75, 3.05) is 40.4 Å². The molecule has 0 aliphatic carbocycles. The Bertz CT molecular complexity index is 551. The fraction of sp³-hybridized carbons (Fsp3) is 0.526. The van der Waals surface area contributed by atoms with Gasteiger partial charge in [-0.25, -0.2) is 0 Å². The lowest BCUT2D eigenvalue weighted by molar-refractivity contribution is -0.127. The number of carbonyl (C=O) groups excluding carboxylic acids is 1. The average molecular weight is 332 g/mol. The highest BCUT2D eigenvalue weighted by Gasteiger charge is 2.23. The number of rotatable bonds is 7. The van der Waals surface area contributed by atoms with Crippen LogP contribution in [0.2, 0.25) is 0 Å². The molecule has 2 rings (SSSR count). The molecule has 0 spiro atoms. The van der Waals surface area contributed by atoms with Gasteiger partial charge in [-0.05, 0) is 50.1 Å². The zero-order chi connectivity index (χ0) is 17.4. The van der Waals surface area contributed by atoms with Gasteiger partial charge < -0.3 is 19.6 Å². The summed E-state index contributed by atoms with van der Waals surface area (Å²) in [6, 6.07) is 8.16. The van der Waals surface area contributed by atoms with Crippen LogP contribution in [0.5, 0.6) is 5.75 Å². The van der Waals surface area contributed by atoms with Crippen LogP contribution < -0.4 is 4.74 Å². The van der Waals surface area contributed by atoms with Crippen LogP contribution in [0.3, 0.4) is 0 Å². The summed E-state index contributed by atoms with van der Waals surface area (Å²) in [5, 5.41) is 8.92. The summed E-state index contributed by atoms with van der Waals surface area (Å²) in [5.74, 6) is 0.852. The summed E-state index contributed by atoms with van der Waals surface area (Å²) in [6.45, 7) is 2.71. The van der Waals surface area contributed by atoms with Gasteiger partial charge in [0.05, 0.1) is 7.11 Å². The lowest BCUT2D eigenvalue weighted by atomic mass is 10.0. The molecule has 0 unspecified atom stereocenters. The van der Waals surface area contributed by atoms with Crippen molar-refractivity contribution < 1.29 is 14.6 Å². The molecule has 5 heteroatoms. The van der Waals surface area contributed by atoms with Crippen molar-refractivity contribution in [1.82, 2.24) is 9.80 Å². The molecule has 0 saturated carbocycles. The van der Waals surface area contributed by atoms with Gasteiger partial charge in [-0.2, -0.15) is 0 Å². The summed E-state index contributed by atoms with van der Waals surface area (Å²) < 4.78 is 5.19. The zero-order valence-corrected chi connectivity index (χ0v) is 14.6. The maximum atomic E-state index is 12.3. The maximum absolute atomic E-state index is 12.3. The van der Waals surface area contributed by atoms with Gasteiger partial charge in [0.25, 0.3) is 0 Å². The van der Waals surface area contributed by atoms with E-state index in [9.17, 15) is 4.79 Å². The number of aliphatic hydroxyl groups excluding tert-OH is 1. The first-order valence-corrected chi connectivity index (χ1v) is 8.56. The van der Waals surface area contributed by atoms with Gasteiger partial charge in [0.15, 0.2) is 0 Å². The third-order valence-electron chi connectivity index (χ3n) is 4.58. The molecule has 1 N–H and O–H groups in total. The van der Waals surface area contributed by atoms with Crippen LogP contribution in [0.4, 0.5) is 0 Å². The number of hydrogen-bond acceptors (Lipinski definition) is 4. The third kappa shape index (κ3) is 5.35. The van der Waals surface area contributed by atoms with Crippen molar-refractivity contribution in [3.8, 4) is 5.75 Å². The van der Waals surface area contributed by atoms with E-state index in [-0.39, 0.29) is 12.5 Å². The molecular weight excluding hydrogens is 304 g/mol. The largest absolute Gasteiger partial charge is 0.497 e. The van der Waals surface area contributed by atoms with E-state index in [0.717, 1.165) is 50.2 Å². The Morgan fingerprint density at radius 3 is 2.83 bits per heavy atom. The van der Waals surface area contributed by atoms with Gasteiger partial charge in [0.1, 0.15) is 5.75 Å². The Balaban J connectivity index is 1.83. The van der Waals surface area contributed by atoms with Crippen LogP contribution in [0.1, 0.15) is 24.8 Å². The van der Waals surface area contributed by atoms with Crippen LogP contribution in [-0.2, 0) is 4.79 Å². The number of nitrogens with zero attached hydrogens (tertiary/aromatic N) is 2. The van der Waals surface area contributed by atoms with Crippen LogP contribution >= 0.6 is 0 Å². The smallest absolute Gasteiger partial charge is 0.246 e. The van der Waals surface area contributed by atoms with E-state index in [2.05, 4.69) is 11.9 Å². The Labute approximate surface area is 144 Å². The van der Waals surface area contributed by atoms with Crippen molar-refractivity contribution in [2.24, 2.45) is 0 Å². The molecule has 1 fully saturated rings. The quantitative estimate of drug-likeness (QED) is 0.776. The fourth-order valence-corrected chi connectivity index (χ4v) is 3.05. The minimum Gasteiger partial charge on any atom is -0.497 e. The first-order chi connectivity index (χ1) is 11.6. The number of amides is 1. The second-order valence-electron chi connectivity index (χ2n) is 6.22. The zero-order valence-electron chi connectivity index (χ0n) is 14.6. The number of piperidine rings is 1. The molecule has 1 saturated heterocycles. The number of carbonyl (C=O) groups is 1. The minimum absolute atomic E-state index is 0.0641. The molecule has 0 atom stereocenters. The Hall–Kier alpha value is -1.85. The maximum Gasteiger partial charge on any atom is 0.246 e. The van der Waals surface area contributed by atoms with Crippen LogP contribution in [0.25, 0.3) is 6.08 Å². The SMILES string of the molecule is COc1cccc(/C=C/C(=O)N2CCC(N(C)CCCO)CC2)c1. The summed E-state index contributed by atoms with van der Waals surface area (Å²) in [7, 11) is 3.73. The van der Waals surface area contributed by atoms with Gasteiger partial charge in [0.2, 0.25) is 5.91 Å². The predicted molar refractivity (Wildman–Crippen MR) is 96.0 cm³/mol. The second-order valence-corrected chi connectivity index (χ2v) is 6.22. The van der Waals surface area contributed by atoms with E-state index in [1.165, 1.54) is 0 Å². The van der Waals surface area contributed by atoms with Crippen molar-refractivity contribution >= 4 is 12.0 Å². The van der Waals surface area contributed by atoms with Gasteiger partial charge in [0, 0.05) is 38.4 Å². The lowest BCUT2D eigenvalue weighted by Crippen LogP contribution is -2.45. The number of likely N-dealkylation sites (tertiary alicyclic amines) is 1. The summed E-state index contributed by atoms with van der Waals surface area (Å²) >= 11 is 0. The van der Waals surface area contributed by atoms with E-state index in [1.54, 1.807) is 13.2 Å². The van der Waals surface area contributed by atoms with E-state index >= 15 is 0 Å². The van der Waals surface area contributed by atoms with E-state index in [1.807, 2.05) is 35.2 Å². The van der Waals surface area contributed by atoms with Crippen molar-refractivity contribution in [2.45, 2.75) is 25.3 Å². The molecule has 132 valence electrons. The van der Waals surface area contributed by atoms with Gasteiger partial charge in [-0.1, -0.05) is 12.1 Å². The van der Waals surface area contributed by atoms with Crippen molar-refractivity contribution in [3.05, 3.63) is 35.9 Å². The molecule has 1 aromatic carbocycles. The van der Waals surface area contributed by atoms with E-state index in [4.69, 9.17) is 9.84 Å². The predicted octanol–water partition coefficient (Wildman–Crippen LogP) is 2.01. The molecule has 0 bridgehead atoms. The molecule has 5 nitrogen and oxygen atoms in total. The standard InChI is InChI=1S/C19H28N2O3/c1-20(11-4-14-22)17-9-12-21(13-10-17)19(23)8-7-16-5-3-6-18(15-16)24-2/h3,5-8,15,17,22H,4,9-14H2,1-2H3/b8-7+. The molecule has 0 radical (unpaired) electrons. The Kier molecular flexibility index (Phi) is 7.28. The molecule has 1 amide bonds. The highest BCUT2D eigenvalue weighted by Crippen LogP contribution is 2.17. The third-order valence-corrected chi connectivity index (χ3v) is 4.58. The van der Waals surface area contributed by atoms with Crippen molar-refractivity contribution in [3.63, 3.8) is 0 Å². The molecule has 1 aliphatic heterocycles. The van der Waals surface area contributed by atoms with Gasteiger partial charge >= 0.3 is 0 Å². The molecule has 0 aromatic heterocycles. The fourth-order valence-electron chi connectivity index (χ4n) is 3.05. The summed E-state index contributed by atoms with van der Waals surface area (Å²) in [6.07, 6.45) is 6.26. The van der Waals surface area contributed by atoms with Crippen LogP contribution in [0.15, 0.2) is 30.3 Å². The summed E-state index contributed by atoms with van der Waals surface area (Å²) in [4.78, 5) is 16.5. The molecular formula is C19H28N2O3. The minimum atomic E-state index is 0.0641. The van der Waals surface area contributed by atoms with Gasteiger partial charge in [-0.3, -0.25) is 4.79 Å². The van der Waals surface area contributed by atoms with E-state index < -0.39 is 0 Å². The first kappa shape index (κ1) is 18.5. The van der Waals surface area contributed by atoms with Crippen molar-refractivity contribution in [1.29, 1.82) is 0 Å². The van der Waals surface area contributed by atoms with Crippen LogP contribution in [0, 0.1) is 0 Å². The van der Waals surface area contributed by atoms with E-state index in [0.29, 0.717) is 6.04 Å². The Morgan fingerprint density at radius 2 is 2.17 bits per heavy atom. The number of ether oxygens (including phenoxy) is 1. The average Bonchev–Trinajstić information content (AvgIpc) is 2.64. The monoisotopic (exact) mass is 332 g/mol.